The Morgan fingerprint density at radius 1 is 1.04 bits per heavy atom. The number of hydrogen-bond acceptors (Lipinski definition) is 6. The van der Waals surface area contributed by atoms with Crippen LogP contribution in [-0.4, -0.2) is 49.2 Å². The largest absolute Gasteiger partial charge is 0.491 e. The molecule has 1 saturated heterocycles. The SMILES string of the molecule is O=S1(=O)CCC(OCCOc2cccc(-c3cnc4ccccc4n3)c2)C1. The van der Waals surface area contributed by atoms with Crippen molar-refractivity contribution in [2.24, 2.45) is 0 Å². The first-order chi connectivity index (χ1) is 13.1. The van der Waals surface area contributed by atoms with Gasteiger partial charge in [-0.15, -0.1) is 0 Å². The first-order valence-corrected chi connectivity index (χ1v) is 10.7. The standard InChI is InChI=1S/C20H20N2O4S/c23-27(24)11-8-17(14-27)26-10-9-25-16-5-3-4-15(12-16)20-13-21-18-6-1-2-7-19(18)22-20/h1-7,12-13,17H,8-11,14H2. The number of ether oxygens (including phenoxy) is 2. The van der Waals surface area contributed by atoms with E-state index in [4.69, 9.17) is 9.47 Å². The minimum Gasteiger partial charge on any atom is -0.491 e. The molecule has 0 radical (unpaired) electrons. The van der Waals surface area contributed by atoms with Crippen molar-refractivity contribution in [3.8, 4) is 17.0 Å². The maximum Gasteiger partial charge on any atom is 0.152 e. The zero-order valence-corrected chi connectivity index (χ0v) is 15.6. The third-order valence-electron chi connectivity index (χ3n) is 4.47. The van der Waals surface area contributed by atoms with Gasteiger partial charge in [-0.2, -0.15) is 0 Å². The molecule has 7 heteroatoms. The van der Waals surface area contributed by atoms with Crippen molar-refractivity contribution >= 4 is 20.9 Å². The Balaban J connectivity index is 1.37. The fraction of sp³-hybridized carbons (Fsp3) is 0.300. The van der Waals surface area contributed by atoms with Crippen LogP contribution in [0.2, 0.25) is 0 Å². The number of nitrogens with zero attached hydrogens (tertiary/aromatic N) is 2. The van der Waals surface area contributed by atoms with E-state index < -0.39 is 9.84 Å². The Labute approximate surface area is 158 Å². The molecule has 0 aliphatic carbocycles. The summed E-state index contributed by atoms with van der Waals surface area (Å²) in [5.74, 6) is 1.04. The van der Waals surface area contributed by atoms with Crippen LogP contribution in [0.4, 0.5) is 0 Å². The Kier molecular flexibility index (Phi) is 5.05. The highest BCUT2D eigenvalue weighted by Gasteiger charge is 2.28. The Morgan fingerprint density at radius 3 is 2.70 bits per heavy atom. The fourth-order valence-corrected chi connectivity index (χ4v) is 4.73. The predicted molar refractivity (Wildman–Crippen MR) is 103 cm³/mol. The van der Waals surface area contributed by atoms with E-state index in [1.54, 1.807) is 6.20 Å². The van der Waals surface area contributed by atoms with Crippen molar-refractivity contribution in [1.82, 2.24) is 9.97 Å². The molecule has 27 heavy (non-hydrogen) atoms. The summed E-state index contributed by atoms with van der Waals surface area (Å²) in [5.41, 5.74) is 3.42. The highest BCUT2D eigenvalue weighted by molar-refractivity contribution is 7.91. The topological polar surface area (TPSA) is 78.4 Å². The van der Waals surface area contributed by atoms with Gasteiger partial charge in [0.2, 0.25) is 0 Å². The molecule has 2 aromatic carbocycles. The van der Waals surface area contributed by atoms with Crippen LogP contribution in [0.1, 0.15) is 6.42 Å². The second-order valence-corrected chi connectivity index (χ2v) is 8.74. The summed E-state index contributed by atoms with van der Waals surface area (Å²) in [6, 6.07) is 15.4. The molecule has 140 valence electrons. The number of aromatic nitrogens is 2. The molecule has 4 rings (SSSR count). The normalized spacial score (nSPS) is 18.6. The first kappa shape index (κ1) is 17.9. The third kappa shape index (κ3) is 4.43. The summed E-state index contributed by atoms with van der Waals surface area (Å²) < 4.78 is 34.2. The lowest BCUT2D eigenvalue weighted by molar-refractivity contribution is 0.0488. The van der Waals surface area contributed by atoms with Crippen LogP contribution in [0.25, 0.3) is 22.3 Å². The van der Waals surface area contributed by atoms with Gasteiger partial charge in [-0.1, -0.05) is 24.3 Å². The monoisotopic (exact) mass is 384 g/mol. The van der Waals surface area contributed by atoms with Gasteiger partial charge in [-0.25, -0.2) is 13.4 Å². The van der Waals surface area contributed by atoms with E-state index in [0.717, 1.165) is 22.3 Å². The number of benzene rings is 2. The zero-order chi connectivity index (χ0) is 18.7. The van der Waals surface area contributed by atoms with E-state index in [-0.39, 0.29) is 17.6 Å². The molecule has 1 unspecified atom stereocenters. The summed E-state index contributed by atoms with van der Waals surface area (Å²) in [6.07, 6.45) is 2.11. The first-order valence-electron chi connectivity index (χ1n) is 8.86. The predicted octanol–water partition coefficient (Wildman–Crippen LogP) is 2.88. The van der Waals surface area contributed by atoms with Gasteiger partial charge in [-0.3, -0.25) is 4.98 Å². The molecular formula is C20H20N2O4S. The van der Waals surface area contributed by atoms with Crippen molar-refractivity contribution in [2.75, 3.05) is 24.7 Å². The van der Waals surface area contributed by atoms with Crippen molar-refractivity contribution in [1.29, 1.82) is 0 Å². The highest BCUT2D eigenvalue weighted by atomic mass is 32.2. The van der Waals surface area contributed by atoms with E-state index >= 15 is 0 Å². The minimum absolute atomic E-state index is 0.114. The lowest BCUT2D eigenvalue weighted by Gasteiger charge is -2.11. The van der Waals surface area contributed by atoms with Gasteiger partial charge < -0.3 is 9.47 Å². The number of hydrogen-bond donors (Lipinski definition) is 0. The molecule has 0 spiro atoms. The number of para-hydroxylation sites is 2. The second kappa shape index (κ2) is 7.62. The van der Waals surface area contributed by atoms with Crippen LogP contribution in [0.5, 0.6) is 5.75 Å². The van der Waals surface area contributed by atoms with Gasteiger partial charge >= 0.3 is 0 Å². The lowest BCUT2D eigenvalue weighted by Crippen LogP contribution is -2.18. The molecule has 0 bridgehead atoms. The van der Waals surface area contributed by atoms with E-state index in [2.05, 4.69) is 9.97 Å². The van der Waals surface area contributed by atoms with Gasteiger partial charge in [0.1, 0.15) is 12.4 Å². The maximum atomic E-state index is 11.4. The minimum atomic E-state index is -2.92. The van der Waals surface area contributed by atoms with Gasteiger partial charge in [0.05, 0.1) is 47.1 Å². The summed E-state index contributed by atoms with van der Waals surface area (Å²) in [6.45, 7) is 0.726. The lowest BCUT2D eigenvalue weighted by atomic mass is 10.1. The Bertz CT molecular complexity index is 1050. The Hall–Kier alpha value is -2.51. The average molecular weight is 384 g/mol. The van der Waals surface area contributed by atoms with Crippen LogP contribution >= 0.6 is 0 Å². The van der Waals surface area contributed by atoms with Gasteiger partial charge in [0.25, 0.3) is 0 Å². The van der Waals surface area contributed by atoms with E-state index in [0.29, 0.717) is 25.4 Å². The molecule has 2 heterocycles. The maximum absolute atomic E-state index is 11.4. The molecule has 1 atom stereocenters. The number of rotatable bonds is 6. The van der Waals surface area contributed by atoms with Crippen LogP contribution in [0, 0.1) is 0 Å². The molecule has 0 amide bonds. The van der Waals surface area contributed by atoms with E-state index in [1.165, 1.54) is 0 Å². The number of fused-ring (bicyclic) bond motifs is 1. The molecular weight excluding hydrogens is 364 g/mol. The quantitative estimate of drug-likeness (QED) is 0.608. The zero-order valence-electron chi connectivity index (χ0n) is 14.7. The van der Waals surface area contributed by atoms with Gasteiger partial charge in [-0.05, 0) is 30.7 Å². The Morgan fingerprint density at radius 2 is 1.89 bits per heavy atom. The average Bonchev–Trinajstić information content (AvgIpc) is 3.04. The molecule has 0 N–H and O–H groups in total. The van der Waals surface area contributed by atoms with Crippen molar-refractivity contribution in [3.05, 3.63) is 54.7 Å². The van der Waals surface area contributed by atoms with Crippen molar-refractivity contribution in [3.63, 3.8) is 0 Å². The molecule has 1 fully saturated rings. The third-order valence-corrected chi connectivity index (χ3v) is 6.21. The van der Waals surface area contributed by atoms with Crippen LogP contribution in [0.3, 0.4) is 0 Å². The van der Waals surface area contributed by atoms with Crippen LogP contribution in [0.15, 0.2) is 54.7 Å². The fourth-order valence-electron chi connectivity index (χ4n) is 3.11. The second-order valence-electron chi connectivity index (χ2n) is 6.52. The van der Waals surface area contributed by atoms with Gasteiger partial charge in [0.15, 0.2) is 9.84 Å². The number of sulfone groups is 1. The van der Waals surface area contributed by atoms with Crippen molar-refractivity contribution < 1.29 is 17.9 Å². The van der Waals surface area contributed by atoms with Gasteiger partial charge in [0, 0.05) is 5.56 Å². The van der Waals surface area contributed by atoms with Crippen molar-refractivity contribution in [2.45, 2.75) is 12.5 Å². The highest BCUT2D eigenvalue weighted by Crippen LogP contribution is 2.23. The molecule has 0 saturated carbocycles. The molecule has 3 aromatic rings. The molecule has 1 aliphatic rings. The van der Waals surface area contributed by atoms with E-state index in [1.807, 2.05) is 48.5 Å². The van der Waals surface area contributed by atoms with E-state index in [9.17, 15) is 8.42 Å². The molecule has 1 aliphatic heterocycles. The summed E-state index contributed by atoms with van der Waals surface area (Å²) in [4.78, 5) is 9.10. The smallest absolute Gasteiger partial charge is 0.152 e. The summed E-state index contributed by atoms with van der Waals surface area (Å²) >= 11 is 0. The molecule has 6 nitrogen and oxygen atoms in total. The summed E-state index contributed by atoms with van der Waals surface area (Å²) in [5, 5.41) is 0. The molecule has 1 aromatic heterocycles. The van der Waals surface area contributed by atoms with Crippen LogP contribution in [-0.2, 0) is 14.6 Å². The van der Waals surface area contributed by atoms with Crippen LogP contribution < -0.4 is 4.74 Å². The summed E-state index contributed by atoms with van der Waals surface area (Å²) in [7, 11) is -2.92.